The molecule has 4 atom stereocenters. The molecule has 1 spiro atoms. The number of para-hydroxylation sites is 2. The minimum atomic E-state index is -1.41. The van der Waals surface area contributed by atoms with Crippen LogP contribution in [0.25, 0.3) is 6.08 Å². The van der Waals surface area contributed by atoms with Crippen LogP contribution >= 0.6 is 0 Å². The fraction of sp³-hybridized carbons (Fsp3) is 0.194. The van der Waals surface area contributed by atoms with Crippen molar-refractivity contribution in [3.05, 3.63) is 119 Å². The molecular formula is C36H30N2O6. The molecule has 1 saturated heterocycles. The number of ketones is 2. The van der Waals surface area contributed by atoms with Crippen LogP contribution in [0.1, 0.15) is 31.8 Å². The number of nitrogens with one attached hydrogen (secondary N) is 1. The van der Waals surface area contributed by atoms with E-state index in [1.165, 1.54) is 14.2 Å². The molecule has 44 heavy (non-hydrogen) atoms. The lowest BCUT2D eigenvalue weighted by atomic mass is 9.64. The van der Waals surface area contributed by atoms with Crippen LogP contribution < -0.4 is 24.4 Å². The SMILES string of the molecule is COc1ccc(C(=O)[C@@H]2[C@H](C(=O)c3ccc(OC)c(OC)c3)[C@]3(C(=O)Nc4ccccc43)[C@H]3C=Cc4ccccc4N23)cc1. The number of methoxy groups -OCH3 is 3. The molecule has 0 aromatic heterocycles. The van der Waals surface area contributed by atoms with Crippen molar-refractivity contribution in [3.8, 4) is 17.2 Å². The molecule has 8 nitrogen and oxygen atoms in total. The Balaban J connectivity index is 1.51. The number of nitrogens with zero attached hydrogens (tertiary/aromatic N) is 1. The zero-order valence-electron chi connectivity index (χ0n) is 24.4. The fourth-order valence-electron chi connectivity index (χ4n) is 7.21. The van der Waals surface area contributed by atoms with E-state index < -0.39 is 23.4 Å². The van der Waals surface area contributed by atoms with Gasteiger partial charge in [0.15, 0.2) is 23.1 Å². The molecule has 0 radical (unpaired) electrons. The molecule has 0 unspecified atom stereocenters. The van der Waals surface area contributed by atoms with Gasteiger partial charge in [-0.3, -0.25) is 14.4 Å². The van der Waals surface area contributed by atoms with Crippen LogP contribution in [-0.2, 0) is 10.2 Å². The molecule has 0 saturated carbocycles. The van der Waals surface area contributed by atoms with E-state index in [1.54, 1.807) is 49.6 Å². The van der Waals surface area contributed by atoms with Crippen molar-refractivity contribution in [2.45, 2.75) is 17.5 Å². The number of ether oxygens (including phenoxy) is 3. The van der Waals surface area contributed by atoms with Gasteiger partial charge >= 0.3 is 0 Å². The van der Waals surface area contributed by atoms with Crippen LogP contribution in [0.5, 0.6) is 17.2 Å². The van der Waals surface area contributed by atoms with Gasteiger partial charge in [0.05, 0.1) is 33.3 Å². The van der Waals surface area contributed by atoms with E-state index in [-0.39, 0.29) is 17.5 Å². The van der Waals surface area contributed by atoms with Crippen molar-refractivity contribution >= 4 is 34.9 Å². The number of hydrogen-bond donors (Lipinski definition) is 1. The van der Waals surface area contributed by atoms with E-state index in [0.29, 0.717) is 39.6 Å². The quantitative estimate of drug-likeness (QED) is 0.283. The van der Waals surface area contributed by atoms with Gasteiger partial charge in [0.25, 0.3) is 0 Å². The Labute approximate surface area is 254 Å². The number of rotatable bonds is 7. The summed E-state index contributed by atoms with van der Waals surface area (Å²) >= 11 is 0. The van der Waals surface area contributed by atoms with E-state index >= 15 is 4.79 Å². The molecule has 220 valence electrons. The second-order valence-electron chi connectivity index (χ2n) is 11.1. The molecule has 1 fully saturated rings. The molecule has 1 amide bonds. The first-order chi connectivity index (χ1) is 21.4. The van der Waals surface area contributed by atoms with E-state index in [2.05, 4.69) is 5.32 Å². The minimum Gasteiger partial charge on any atom is -0.497 e. The molecular weight excluding hydrogens is 556 g/mol. The first-order valence-electron chi connectivity index (χ1n) is 14.3. The fourth-order valence-corrected chi connectivity index (χ4v) is 7.21. The maximum atomic E-state index is 15.0. The zero-order chi connectivity index (χ0) is 30.6. The molecule has 4 aromatic rings. The molecule has 4 aromatic carbocycles. The van der Waals surface area contributed by atoms with Crippen molar-refractivity contribution in [1.82, 2.24) is 0 Å². The molecule has 0 aliphatic carbocycles. The zero-order valence-corrected chi connectivity index (χ0v) is 24.4. The van der Waals surface area contributed by atoms with Gasteiger partial charge in [-0.25, -0.2) is 0 Å². The molecule has 1 N–H and O–H groups in total. The molecule has 8 heteroatoms. The lowest BCUT2D eigenvalue weighted by Gasteiger charge is -2.37. The maximum Gasteiger partial charge on any atom is 0.238 e. The maximum absolute atomic E-state index is 15.0. The Morgan fingerprint density at radius 3 is 2.23 bits per heavy atom. The third-order valence-corrected chi connectivity index (χ3v) is 9.14. The Bertz CT molecular complexity index is 1850. The molecule has 3 aliphatic heterocycles. The van der Waals surface area contributed by atoms with Crippen molar-refractivity contribution in [3.63, 3.8) is 0 Å². The number of amides is 1. The predicted molar refractivity (Wildman–Crippen MR) is 167 cm³/mol. The van der Waals surface area contributed by atoms with E-state index in [1.807, 2.05) is 65.6 Å². The molecule has 3 heterocycles. The number of fused-ring (bicyclic) bond motifs is 6. The third-order valence-electron chi connectivity index (χ3n) is 9.14. The monoisotopic (exact) mass is 586 g/mol. The van der Waals surface area contributed by atoms with Gasteiger partial charge in [0, 0.05) is 22.5 Å². The summed E-state index contributed by atoms with van der Waals surface area (Å²) in [5.41, 5.74) is 2.32. The summed E-state index contributed by atoms with van der Waals surface area (Å²) in [5.74, 6) is -0.575. The van der Waals surface area contributed by atoms with Gasteiger partial charge < -0.3 is 24.4 Å². The van der Waals surface area contributed by atoms with Crippen molar-refractivity contribution in [1.29, 1.82) is 0 Å². The molecule has 3 aliphatic rings. The summed E-state index contributed by atoms with van der Waals surface area (Å²) in [7, 11) is 4.59. The largest absolute Gasteiger partial charge is 0.497 e. The Morgan fingerprint density at radius 2 is 1.48 bits per heavy atom. The first kappa shape index (κ1) is 27.5. The third kappa shape index (κ3) is 3.80. The highest BCUT2D eigenvalue weighted by molar-refractivity contribution is 6.18. The van der Waals surface area contributed by atoms with Gasteiger partial charge in [-0.1, -0.05) is 48.6 Å². The minimum absolute atomic E-state index is 0.268. The lowest BCUT2D eigenvalue weighted by Crippen LogP contribution is -2.51. The van der Waals surface area contributed by atoms with Crippen LogP contribution in [0.15, 0.2) is 97.1 Å². The second-order valence-corrected chi connectivity index (χ2v) is 11.1. The average Bonchev–Trinajstić information content (AvgIpc) is 3.55. The summed E-state index contributed by atoms with van der Waals surface area (Å²) in [5, 5.41) is 3.05. The van der Waals surface area contributed by atoms with Crippen LogP contribution in [0.4, 0.5) is 11.4 Å². The topological polar surface area (TPSA) is 94.2 Å². The number of anilines is 2. The predicted octanol–water partition coefficient (Wildman–Crippen LogP) is 5.57. The number of carbonyl (C=O) groups is 3. The average molecular weight is 587 g/mol. The van der Waals surface area contributed by atoms with Gasteiger partial charge in [-0.05, 0) is 65.7 Å². The van der Waals surface area contributed by atoms with Crippen molar-refractivity contribution in [2.75, 3.05) is 31.5 Å². The highest BCUT2D eigenvalue weighted by atomic mass is 16.5. The summed E-state index contributed by atoms with van der Waals surface area (Å²) in [4.78, 5) is 46.3. The number of carbonyl (C=O) groups excluding carboxylic acids is 3. The van der Waals surface area contributed by atoms with E-state index in [4.69, 9.17) is 14.2 Å². The Morgan fingerprint density at radius 1 is 0.773 bits per heavy atom. The standard InChI is InChI=1S/C36H30N2O6/c1-42-24-16-12-22(13-17-24)34(40)32-31(33(39)23-14-18-28(43-2)29(20-23)44-3)36(25-9-5-6-10-26(25)37-35(36)41)30-19-15-21-8-4-7-11-27(21)38(30)32/h4-20,30-32H,1-3H3,(H,37,41)/t30-,31-,32+,36-/m1/s1. The number of benzene rings is 4. The summed E-state index contributed by atoms with van der Waals surface area (Å²) in [6, 6.07) is 25.3. The summed E-state index contributed by atoms with van der Waals surface area (Å²) in [6.45, 7) is 0. The van der Waals surface area contributed by atoms with Crippen molar-refractivity contribution in [2.24, 2.45) is 5.92 Å². The van der Waals surface area contributed by atoms with Crippen LogP contribution in [-0.4, -0.2) is 50.9 Å². The van der Waals surface area contributed by atoms with E-state index in [9.17, 15) is 9.59 Å². The highest BCUT2D eigenvalue weighted by Gasteiger charge is 2.70. The van der Waals surface area contributed by atoms with Gasteiger partial charge in [-0.15, -0.1) is 0 Å². The number of hydrogen-bond acceptors (Lipinski definition) is 7. The normalized spacial score (nSPS) is 22.6. The van der Waals surface area contributed by atoms with Crippen LogP contribution in [0.2, 0.25) is 0 Å². The smallest absolute Gasteiger partial charge is 0.238 e. The first-order valence-corrected chi connectivity index (χ1v) is 14.3. The van der Waals surface area contributed by atoms with Crippen LogP contribution in [0, 0.1) is 5.92 Å². The van der Waals surface area contributed by atoms with Gasteiger partial charge in [0.1, 0.15) is 17.2 Å². The van der Waals surface area contributed by atoms with Gasteiger partial charge in [-0.2, -0.15) is 0 Å². The molecule has 7 rings (SSSR count). The second kappa shape index (κ2) is 10.4. The summed E-state index contributed by atoms with van der Waals surface area (Å²) < 4.78 is 16.3. The summed E-state index contributed by atoms with van der Waals surface area (Å²) in [6.07, 6.45) is 3.94. The van der Waals surface area contributed by atoms with Crippen LogP contribution in [0.3, 0.4) is 0 Å². The van der Waals surface area contributed by atoms with Crippen molar-refractivity contribution < 1.29 is 28.6 Å². The lowest BCUT2D eigenvalue weighted by molar-refractivity contribution is -0.121. The Hall–Kier alpha value is -5.37. The van der Waals surface area contributed by atoms with E-state index in [0.717, 1.165) is 11.3 Å². The molecule has 0 bridgehead atoms. The Kier molecular flexibility index (Phi) is 6.50. The van der Waals surface area contributed by atoms with Gasteiger partial charge in [0.2, 0.25) is 5.91 Å². The highest BCUT2D eigenvalue weighted by Crippen LogP contribution is 2.58. The number of Topliss-reactive ketones (excluding diaryl/α,β-unsaturated/α-hetero) is 2.